The molecule has 0 atom stereocenters. The molecular formula is C19H25FN2S+2. The molecule has 2 aromatic rings. The minimum absolute atomic E-state index is 0.148. The topological polar surface area (TPSA) is 8.88 Å². The number of nitrogens with one attached hydrogen (secondary N) is 2. The molecule has 23 heavy (non-hydrogen) atoms. The Morgan fingerprint density at radius 3 is 1.65 bits per heavy atom. The number of hydrogen-bond acceptors (Lipinski definition) is 1. The third-order valence-electron chi connectivity index (χ3n) is 4.64. The van der Waals surface area contributed by atoms with Crippen molar-refractivity contribution in [2.75, 3.05) is 32.4 Å². The van der Waals surface area contributed by atoms with Gasteiger partial charge < -0.3 is 9.80 Å². The number of thioether (sulfide) groups is 1. The number of rotatable bonds is 5. The molecule has 4 heteroatoms. The van der Waals surface area contributed by atoms with E-state index in [1.54, 1.807) is 33.7 Å². The van der Waals surface area contributed by atoms with Gasteiger partial charge >= 0.3 is 0 Å². The molecule has 1 saturated heterocycles. The van der Waals surface area contributed by atoms with E-state index in [0.717, 1.165) is 13.1 Å². The van der Waals surface area contributed by atoms with Crippen LogP contribution in [0.25, 0.3) is 0 Å². The summed E-state index contributed by atoms with van der Waals surface area (Å²) in [5.41, 5.74) is 2.66. The summed E-state index contributed by atoms with van der Waals surface area (Å²) < 4.78 is 13.0. The Kier molecular flexibility index (Phi) is 5.70. The third kappa shape index (κ3) is 4.80. The maximum Gasteiger partial charge on any atom is 0.127 e. The zero-order chi connectivity index (χ0) is 16.1. The van der Waals surface area contributed by atoms with E-state index in [0.29, 0.717) is 0 Å². The molecule has 0 amide bonds. The number of piperazine rings is 1. The summed E-state index contributed by atoms with van der Waals surface area (Å²) in [6, 6.07) is 15.9. The molecule has 2 N–H and O–H groups in total. The molecule has 0 unspecified atom stereocenters. The zero-order valence-electron chi connectivity index (χ0n) is 13.6. The quantitative estimate of drug-likeness (QED) is 0.778. The van der Waals surface area contributed by atoms with Gasteiger partial charge in [0.15, 0.2) is 0 Å². The van der Waals surface area contributed by atoms with Crippen LogP contribution in [0.15, 0.2) is 53.4 Å². The maximum absolute atomic E-state index is 13.0. The van der Waals surface area contributed by atoms with Crippen LogP contribution in [0.4, 0.5) is 4.39 Å². The van der Waals surface area contributed by atoms with E-state index in [4.69, 9.17) is 0 Å². The molecule has 0 spiro atoms. The SMILES string of the molecule is CSc1ccc(C[NH+]2CC[NH+](Cc3ccc(F)cc3)CC2)cc1. The summed E-state index contributed by atoms with van der Waals surface area (Å²) in [5, 5.41) is 0. The van der Waals surface area contributed by atoms with Crippen LogP contribution in [0.1, 0.15) is 11.1 Å². The smallest absolute Gasteiger partial charge is 0.127 e. The molecule has 1 heterocycles. The molecule has 122 valence electrons. The van der Waals surface area contributed by atoms with Crippen LogP contribution in [0.2, 0.25) is 0 Å². The average Bonchev–Trinajstić information content (AvgIpc) is 2.59. The van der Waals surface area contributed by atoms with E-state index < -0.39 is 0 Å². The molecule has 2 aromatic carbocycles. The van der Waals surface area contributed by atoms with Crippen LogP contribution in [0.3, 0.4) is 0 Å². The summed E-state index contributed by atoms with van der Waals surface area (Å²) in [7, 11) is 0. The second kappa shape index (κ2) is 7.95. The highest BCUT2D eigenvalue weighted by Gasteiger charge is 2.23. The number of halogens is 1. The number of benzene rings is 2. The lowest BCUT2D eigenvalue weighted by Gasteiger charge is -2.29. The molecule has 0 saturated carbocycles. The van der Waals surface area contributed by atoms with Crippen molar-refractivity contribution in [3.63, 3.8) is 0 Å². The van der Waals surface area contributed by atoms with E-state index in [1.807, 2.05) is 12.1 Å². The third-order valence-corrected chi connectivity index (χ3v) is 5.39. The van der Waals surface area contributed by atoms with E-state index in [1.165, 1.54) is 42.2 Å². The van der Waals surface area contributed by atoms with Crippen molar-refractivity contribution < 1.29 is 14.2 Å². The minimum atomic E-state index is -0.148. The van der Waals surface area contributed by atoms with Crippen LogP contribution >= 0.6 is 11.8 Å². The van der Waals surface area contributed by atoms with Crippen LogP contribution in [0, 0.1) is 5.82 Å². The zero-order valence-corrected chi connectivity index (χ0v) is 14.5. The first-order chi connectivity index (χ1) is 11.2. The summed E-state index contributed by atoms with van der Waals surface area (Å²) in [6.45, 7) is 6.93. The van der Waals surface area contributed by atoms with Gasteiger partial charge in [0.05, 0.1) is 0 Å². The Balaban J connectivity index is 1.47. The van der Waals surface area contributed by atoms with E-state index in [9.17, 15) is 4.39 Å². The molecule has 1 fully saturated rings. The van der Waals surface area contributed by atoms with Crippen LogP contribution in [-0.4, -0.2) is 32.4 Å². The highest BCUT2D eigenvalue weighted by molar-refractivity contribution is 7.98. The van der Waals surface area contributed by atoms with Crippen LogP contribution < -0.4 is 9.80 Å². The van der Waals surface area contributed by atoms with Gasteiger partial charge in [-0.15, -0.1) is 11.8 Å². The van der Waals surface area contributed by atoms with Gasteiger partial charge in [-0.05, 0) is 30.5 Å². The van der Waals surface area contributed by atoms with Gasteiger partial charge in [0.25, 0.3) is 0 Å². The molecule has 1 aliphatic heterocycles. The fourth-order valence-electron chi connectivity index (χ4n) is 3.23. The first-order valence-electron chi connectivity index (χ1n) is 8.27. The van der Waals surface area contributed by atoms with Crippen molar-refractivity contribution >= 4 is 11.8 Å². The molecule has 0 radical (unpaired) electrons. The first kappa shape index (κ1) is 16.5. The molecule has 0 bridgehead atoms. The Labute approximate surface area is 142 Å². The van der Waals surface area contributed by atoms with E-state index >= 15 is 0 Å². The standard InChI is InChI=1S/C19H23FN2S/c1-23-19-8-4-17(5-9-19)15-22-12-10-21(11-13-22)14-16-2-6-18(20)7-3-16/h2-9H,10-15H2,1H3/p+2. The molecule has 1 aliphatic rings. The Hall–Kier alpha value is -1.36. The molecule has 0 aliphatic carbocycles. The van der Waals surface area contributed by atoms with Crippen molar-refractivity contribution in [2.45, 2.75) is 18.0 Å². The Bertz CT molecular complexity index is 604. The maximum atomic E-state index is 13.0. The first-order valence-corrected chi connectivity index (χ1v) is 9.50. The second-order valence-corrected chi connectivity index (χ2v) is 7.21. The lowest BCUT2D eigenvalue weighted by molar-refractivity contribution is -1.02. The minimum Gasteiger partial charge on any atom is -0.322 e. The Morgan fingerprint density at radius 2 is 1.22 bits per heavy atom. The van der Waals surface area contributed by atoms with Crippen molar-refractivity contribution in [2.24, 2.45) is 0 Å². The van der Waals surface area contributed by atoms with E-state index in [2.05, 4.69) is 30.5 Å². The number of hydrogen-bond donors (Lipinski definition) is 2. The monoisotopic (exact) mass is 332 g/mol. The number of quaternary nitrogens is 2. The predicted octanol–water partition coefficient (Wildman–Crippen LogP) is 1.03. The van der Waals surface area contributed by atoms with Crippen molar-refractivity contribution in [1.82, 2.24) is 0 Å². The fourth-order valence-corrected chi connectivity index (χ4v) is 3.64. The highest BCUT2D eigenvalue weighted by atomic mass is 32.2. The van der Waals surface area contributed by atoms with E-state index in [-0.39, 0.29) is 5.82 Å². The van der Waals surface area contributed by atoms with Crippen molar-refractivity contribution in [3.8, 4) is 0 Å². The Morgan fingerprint density at radius 1 is 0.783 bits per heavy atom. The van der Waals surface area contributed by atoms with Crippen LogP contribution in [-0.2, 0) is 13.1 Å². The second-order valence-electron chi connectivity index (χ2n) is 6.33. The highest BCUT2D eigenvalue weighted by Crippen LogP contribution is 2.14. The molecular weight excluding hydrogens is 307 g/mol. The van der Waals surface area contributed by atoms with Crippen molar-refractivity contribution in [3.05, 3.63) is 65.5 Å². The molecule has 3 rings (SSSR count). The lowest BCUT2D eigenvalue weighted by atomic mass is 10.1. The predicted molar refractivity (Wildman–Crippen MR) is 93.4 cm³/mol. The van der Waals surface area contributed by atoms with Gasteiger partial charge in [0.1, 0.15) is 45.1 Å². The fraction of sp³-hybridized carbons (Fsp3) is 0.368. The van der Waals surface area contributed by atoms with Crippen molar-refractivity contribution in [1.29, 1.82) is 0 Å². The van der Waals surface area contributed by atoms with Crippen LogP contribution in [0.5, 0.6) is 0 Å². The average molecular weight is 332 g/mol. The largest absolute Gasteiger partial charge is 0.322 e. The van der Waals surface area contributed by atoms with Gasteiger partial charge in [-0.2, -0.15) is 0 Å². The van der Waals surface area contributed by atoms with Gasteiger partial charge in [-0.1, -0.05) is 24.3 Å². The summed E-state index contributed by atoms with van der Waals surface area (Å²) in [4.78, 5) is 4.61. The lowest BCUT2D eigenvalue weighted by Crippen LogP contribution is -3.27. The van der Waals surface area contributed by atoms with Gasteiger partial charge in [-0.3, -0.25) is 0 Å². The molecule has 2 nitrogen and oxygen atoms in total. The van der Waals surface area contributed by atoms with Gasteiger partial charge in [0.2, 0.25) is 0 Å². The van der Waals surface area contributed by atoms with Gasteiger partial charge in [0, 0.05) is 16.0 Å². The summed E-state index contributed by atoms with van der Waals surface area (Å²) >= 11 is 1.79. The van der Waals surface area contributed by atoms with Gasteiger partial charge in [-0.25, -0.2) is 4.39 Å². The normalized spacial score (nSPS) is 21.3. The summed E-state index contributed by atoms with van der Waals surface area (Å²) in [5.74, 6) is -0.148. The summed E-state index contributed by atoms with van der Waals surface area (Å²) in [6.07, 6.45) is 2.11. The molecule has 0 aromatic heterocycles.